The van der Waals surface area contributed by atoms with E-state index in [1.165, 1.54) is 0 Å². The zero-order chi connectivity index (χ0) is 14.2. The monoisotopic (exact) mass is 271 g/mol. The molecular formula is C17H21NO2. The largest absolute Gasteiger partial charge is 0.493 e. The standard InChI is InChI=1S/C17H21NO2/c1-14-8-9-15(13-18)12-17(14)20-11-5-10-19-16-6-3-2-4-7-16/h2-4,6-9,12H,5,10-11,13,18H2,1H3. The SMILES string of the molecule is Cc1ccc(CN)cc1OCCCOc1ccccc1. The molecule has 0 fully saturated rings. The molecule has 0 atom stereocenters. The molecule has 2 aromatic rings. The van der Waals surface area contributed by atoms with Gasteiger partial charge in [-0.1, -0.05) is 30.3 Å². The summed E-state index contributed by atoms with van der Waals surface area (Å²) in [4.78, 5) is 0. The minimum Gasteiger partial charge on any atom is -0.493 e. The van der Waals surface area contributed by atoms with E-state index in [1.807, 2.05) is 55.5 Å². The lowest BCUT2D eigenvalue weighted by Gasteiger charge is -2.11. The molecule has 0 amide bonds. The molecule has 3 heteroatoms. The molecule has 0 aromatic heterocycles. The average Bonchev–Trinajstić information content (AvgIpc) is 2.50. The molecule has 0 heterocycles. The van der Waals surface area contributed by atoms with Crippen molar-refractivity contribution in [2.75, 3.05) is 13.2 Å². The van der Waals surface area contributed by atoms with Gasteiger partial charge in [0.15, 0.2) is 0 Å². The van der Waals surface area contributed by atoms with E-state index in [0.29, 0.717) is 19.8 Å². The van der Waals surface area contributed by atoms with Crippen LogP contribution in [0.25, 0.3) is 0 Å². The van der Waals surface area contributed by atoms with Crippen LogP contribution in [0.4, 0.5) is 0 Å². The Bertz CT molecular complexity index is 526. The molecule has 0 unspecified atom stereocenters. The number of para-hydroxylation sites is 1. The topological polar surface area (TPSA) is 44.5 Å². The Labute approximate surface area is 120 Å². The van der Waals surface area contributed by atoms with Crippen molar-refractivity contribution >= 4 is 0 Å². The molecule has 0 radical (unpaired) electrons. The first-order chi connectivity index (χ1) is 9.79. The van der Waals surface area contributed by atoms with E-state index >= 15 is 0 Å². The van der Waals surface area contributed by atoms with Crippen LogP contribution in [0.2, 0.25) is 0 Å². The quantitative estimate of drug-likeness (QED) is 0.786. The van der Waals surface area contributed by atoms with E-state index < -0.39 is 0 Å². The molecule has 20 heavy (non-hydrogen) atoms. The number of nitrogens with two attached hydrogens (primary N) is 1. The summed E-state index contributed by atoms with van der Waals surface area (Å²) >= 11 is 0. The molecule has 0 spiro atoms. The Morgan fingerprint density at radius 1 is 0.950 bits per heavy atom. The minimum atomic E-state index is 0.535. The first kappa shape index (κ1) is 14.4. The van der Waals surface area contributed by atoms with Crippen molar-refractivity contribution in [1.82, 2.24) is 0 Å². The van der Waals surface area contributed by atoms with Crippen LogP contribution >= 0.6 is 0 Å². The predicted octanol–water partition coefficient (Wildman–Crippen LogP) is 3.30. The molecule has 2 N–H and O–H groups in total. The van der Waals surface area contributed by atoms with Crippen molar-refractivity contribution < 1.29 is 9.47 Å². The zero-order valence-corrected chi connectivity index (χ0v) is 11.8. The second kappa shape index (κ2) is 7.56. The molecule has 0 saturated carbocycles. The van der Waals surface area contributed by atoms with Gasteiger partial charge in [-0.15, -0.1) is 0 Å². The summed E-state index contributed by atoms with van der Waals surface area (Å²) in [5, 5.41) is 0. The van der Waals surface area contributed by atoms with E-state index in [9.17, 15) is 0 Å². The summed E-state index contributed by atoms with van der Waals surface area (Å²) < 4.78 is 11.4. The first-order valence-corrected chi connectivity index (χ1v) is 6.90. The van der Waals surface area contributed by atoms with Crippen molar-refractivity contribution in [2.45, 2.75) is 19.9 Å². The number of hydrogen-bond acceptors (Lipinski definition) is 3. The Morgan fingerprint density at radius 3 is 2.45 bits per heavy atom. The minimum absolute atomic E-state index is 0.535. The molecule has 2 aromatic carbocycles. The van der Waals surface area contributed by atoms with Crippen LogP contribution in [-0.2, 0) is 6.54 Å². The highest BCUT2D eigenvalue weighted by atomic mass is 16.5. The van der Waals surface area contributed by atoms with Gasteiger partial charge in [0.1, 0.15) is 11.5 Å². The first-order valence-electron chi connectivity index (χ1n) is 6.90. The third-order valence-electron chi connectivity index (χ3n) is 3.05. The Hall–Kier alpha value is -2.00. The van der Waals surface area contributed by atoms with E-state index in [4.69, 9.17) is 15.2 Å². The van der Waals surface area contributed by atoms with Gasteiger partial charge in [-0.05, 0) is 36.2 Å². The Morgan fingerprint density at radius 2 is 1.70 bits per heavy atom. The number of benzene rings is 2. The van der Waals surface area contributed by atoms with Crippen LogP contribution in [0.3, 0.4) is 0 Å². The lowest BCUT2D eigenvalue weighted by Crippen LogP contribution is -2.06. The summed E-state index contributed by atoms with van der Waals surface area (Å²) in [6.07, 6.45) is 0.848. The van der Waals surface area contributed by atoms with Crippen LogP contribution in [0.5, 0.6) is 11.5 Å². The fourth-order valence-corrected chi connectivity index (χ4v) is 1.87. The number of hydrogen-bond donors (Lipinski definition) is 1. The predicted molar refractivity (Wildman–Crippen MR) is 81.1 cm³/mol. The smallest absolute Gasteiger partial charge is 0.122 e. The highest BCUT2D eigenvalue weighted by Gasteiger charge is 2.01. The summed E-state index contributed by atoms with van der Waals surface area (Å²) in [7, 11) is 0. The van der Waals surface area contributed by atoms with E-state index in [2.05, 4.69) is 0 Å². The fraction of sp³-hybridized carbons (Fsp3) is 0.294. The van der Waals surface area contributed by atoms with Crippen LogP contribution in [-0.4, -0.2) is 13.2 Å². The van der Waals surface area contributed by atoms with Gasteiger partial charge >= 0.3 is 0 Å². The van der Waals surface area contributed by atoms with E-state index in [1.54, 1.807) is 0 Å². The molecule has 0 saturated heterocycles. The van der Waals surface area contributed by atoms with Gasteiger partial charge in [0, 0.05) is 13.0 Å². The molecule has 3 nitrogen and oxygen atoms in total. The lowest BCUT2D eigenvalue weighted by molar-refractivity contribution is 0.246. The van der Waals surface area contributed by atoms with Crippen molar-refractivity contribution in [3.8, 4) is 11.5 Å². The van der Waals surface area contributed by atoms with Gasteiger partial charge < -0.3 is 15.2 Å². The molecule has 106 valence electrons. The maximum atomic E-state index is 5.78. The van der Waals surface area contributed by atoms with Crippen LogP contribution in [0.15, 0.2) is 48.5 Å². The summed E-state index contributed by atoms with van der Waals surface area (Å²) in [5.74, 6) is 1.81. The normalized spacial score (nSPS) is 10.3. The van der Waals surface area contributed by atoms with Gasteiger partial charge in [0.2, 0.25) is 0 Å². The third-order valence-corrected chi connectivity index (χ3v) is 3.05. The highest BCUT2D eigenvalue weighted by Crippen LogP contribution is 2.19. The summed E-state index contributed by atoms with van der Waals surface area (Å²) in [6.45, 7) is 3.87. The van der Waals surface area contributed by atoms with E-state index in [-0.39, 0.29) is 0 Å². The van der Waals surface area contributed by atoms with Gasteiger partial charge in [-0.2, -0.15) is 0 Å². The summed E-state index contributed by atoms with van der Waals surface area (Å²) in [5.41, 5.74) is 7.85. The van der Waals surface area contributed by atoms with Crippen LogP contribution < -0.4 is 15.2 Å². The Kier molecular flexibility index (Phi) is 5.44. The van der Waals surface area contributed by atoms with Crippen LogP contribution in [0, 0.1) is 6.92 Å². The number of ether oxygens (including phenoxy) is 2. The van der Waals surface area contributed by atoms with Gasteiger partial charge in [0.05, 0.1) is 13.2 Å². The second-order valence-electron chi connectivity index (χ2n) is 4.67. The van der Waals surface area contributed by atoms with Gasteiger partial charge in [-0.25, -0.2) is 0 Å². The van der Waals surface area contributed by atoms with Crippen molar-refractivity contribution in [3.63, 3.8) is 0 Å². The molecule has 2 rings (SSSR count). The number of rotatable bonds is 7. The molecule has 0 aliphatic rings. The maximum absolute atomic E-state index is 5.78. The van der Waals surface area contributed by atoms with Gasteiger partial charge in [-0.3, -0.25) is 0 Å². The van der Waals surface area contributed by atoms with Gasteiger partial charge in [0.25, 0.3) is 0 Å². The summed E-state index contributed by atoms with van der Waals surface area (Å²) in [6, 6.07) is 15.9. The van der Waals surface area contributed by atoms with Crippen molar-refractivity contribution in [3.05, 3.63) is 59.7 Å². The van der Waals surface area contributed by atoms with E-state index in [0.717, 1.165) is 29.0 Å². The highest BCUT2D eigenvalue weighted by molar-refractivity contribution is 5.36. The van der Waals surface area contributed by atoms with Crippen molar-refractivity contribution in [1.29, 1.82) is 0 Å². The molecule has 0 bridgehead atoms. The fourth-order valence-electron chi connectivity index (χ4n) is 1.87. The maximum Gasteiger partial charge on any atom is 0.122 e. The molecule has 0 aliphatic heterocycles. The third kappa shape index (κ3) is 4.28. The molecular weight excluding hydrogens is 250 g/mol. The zero-order valence-electron chi connectivity index (χ0n) is 11.8. The molecule has 0 aliphatic carbocycles. The lowest BCUT2D eigenvalue weighted by atomic mass is 10.1. The van der Waals surface area contributed by atoms with Crippen molar-refractivity contribution in [2.24, 2.45) is 5.73 Å². The Balaban J connectivity index is 1.73. The second-order valence-corrected chi connectivity index (χ2v) is 4.67. The average molecular weight is 271 g/mol. The number of aryl methyl sites for hydroxylation is 1. The van der Waals surface area contributed by atoms with Crippen LogP contribution in [0.1, 0.15) is 17.5 Å².